The van der Waals surface area contributed by atoms with Crippen LogP contribution in [-0.2, 0) is 10.5 Å². The monoisotopic (exact) mass is 401 g/mol. The molecule has 0 aliphatic carbocycles. The largest absolute Gasteiger partial charge is 0.336 e. The number of carbonyl (C=O) groups is 2. The van der Waals surface area contributed by atoms with E-state index in [1.807, 2.05) is 34.1 Å². The first-order chi connectivity index (χ1) is 13.5. The van der Waals surface area contributed by atoms with Crippen molar-refractivity contribution < 1.29 is 14.0 Å². The lowest BCUT2D eigenvalue weighted by Crippen LogP contribution is -2.50. The summed E-state index contributed by atoms with van der Waals surface area (Å²) in [5.41, 5.74) is 2.35. The Morgan fingerprint density at radius 1 is 1.07 bits per heavy atom. The molecule has 2 aromatic rings. The highest BCUT2D eigenvalue weighted by molar-refractivity contribution is 7.97. The third kappa shape index (κ3) is 5.56. The number of thioether (sulfide) groups is 1. The van der Waals surface area contributed by atoms with Crippen molar-refractivity contribution in [2.45, 2.75) is 5.75 Å². The van der Waals surface area contributed by atoms with Gasteiger partial charge in [-0.1, -0.05) is 18.2 Å². The van der Waals surface area contributed by atoms with Gasteiger partial charge in [-0.25, -0.2) is 4.39 Å². The maximum atomic E-state index is 13.2. The number of benzene rings is 2. The molecule has 1 aliphatic heterocycles. The molecule has 7 heteroatoms. The summed E-state index contributed by atoms with van der Waals surface area (Å²) < 4.78 is 13.2. The number of halogens is 1. The van der Waals surface area contributed by atoms with Gasteiger partial charge in [-0.3, -0.25) is 14.5 Å². The third-order valence-corrected chi connectivity index (χ3v) is 5.27. The number of piperazine rings is 1. The van der Waals surface area contributed by atoms with E-state index in [9.17, 15) is 14.0 Å². The van der Waals surface area contributed by atoms with E-state index in [4.69, 9.17) is 0 Å². The average Bonchev–Trinajstić information content (AvgIpc) is 2.69. The summed E-state index contributed by atoms with van der Waals surface area (Å²) in [7, 11) is 0. The Labute approximate surface area is 168 Å². The Morgan fingerprint density at radius 2 is 1.79 bits per heavy atom. The minimum Gasteiger partial charge on any atom is -0.336 e. The molecule has 2 aromatic carbocycles. The lowest BCUT2D eigenvalue weighted by molar-refractivity contribution is -0.117. The van der Waals surface area contributed by atoms with Gasteiger partial charge in [0.1, 0.15) is 5.82 Å². The van der Waals surface area contributed by atoms with Crippen molar-refractivity contribution in [3.8, 4) is 0 Å². The van der Waals surface area contributed by atoms with Gasteiger partial charge in [0, 0.05) is 43.2 Å². The van der Waals surface area contributed by atoms with Crippen LogP contribution in [0.5, 0.6) is 0 Å². The van der Waals surface area contributed by atoms with E-state index in [1.165, 1.54) is 17.7 Å². The maximum absolute atomic E-state index is 13.2. The zero-order valence-corrected chi connectivity index (χ0v) is 16.7. The Kier molecular flexibility index (Phi) is 7.06. The van der Waals surface area contributed by atoms with Crippen molar-refractivity contribution in [2.24, 2.45) is 0 Å². The predicted octanol–water partition coefficient (Wildman–Crippen LogP) is 3.09. The lowest BCUT2D eigenvalue weighted by Gasteiger charge is -2.34. The van der Waals surface area contributed by atoms with Gasteiger partial charge < -0.3 is 10.2 Å². The SMILES string of the molecule is CSCc1ccc(C(=O)N2CCN(CC(=O)Nc3cccc(F)c3)CC2)cc1. The summed E-state index contributed by atoms with van der Waals surface area (Å²) in [6.45, 7) is 2.65. The standard InChI is InChI=1S/C21H24FN3O2S/c1-28-15-16-5-7-17(8-6-16)21(27)25-11-9-24(10-12-25)14-20(26)23-19-4-2-3-18(22)13-19/h2-8,13H,9-12,14-15H2,1H3,(H,23,26). The van der Waals surface area contributed by atoms with E-state index in [1.54, 1.807) is 23.9 Å². The van der Waals surface area contributed by atoms with Crippen molar-refractivity contribution in [3.63, 3.8) is 0 Å². The number of anilines is 1. The molecule has 1 saturated heterocycles. The minimum absolute atomic E-state index is 0.0274. The van der Waals surface area contributed by atoms with Crippen LogP contribution in [-0.4, -0.2) is 60.6 Å². The first-order valence-electron chi connectivity index (χ1n) is 9.20. The zero-order valence-electron chi connectivity index (χ0n) is 15.9. The van der Waals surface area contributed by atoms with Crippen LogP contribution < -0.4 is 5.32 Å². The van der Waals surface area contributed by atoms with Gasteiger partial charge in [0.2, 0.25) is 5.91 Å². The second kappa shape index (κ2) is 9.71. The van der Waals surface area contributed by atoms with Crippen molar-refractivity contribution >= 4 is 29.3 Å². The fourth-order valence-electron chi connectivity index (χ4n) is 3.17. The maximum Gasteiger partial charge on any atom is 0.253 e. The molecular formula is C21H24FN3O2S. The Balaban J connectivity index is 1.47. The molecular weight excluding hydrogens is 377 g/mol. The number of nitrogens with one attached hydrogen (secondary N) is 1. The molecule has 148 valence electrons. The molecule has 1 aliphatic rings. The summed E-state index contributed by atoms with van der Waals surface area (Å²) in [5, 5.41) is 2.70. The van der Waals surface area contributed by atoms with Crippen LogP contribution in [0.25, 0.3) is 0 Å². The van der Waals surface area contributed by atoms with Crippen LogP contribution in [0.1, 0.15) is 15.9 Å². The van der Waals surface area contributed by atoms with Crippen LogP contribution in [0.15, 0.2) is 48.5 Å². The highest BCUT2D eigenvalue weighted by Crippen LogP contribution is 2.14. The fraction of sp³-hybridized carbons (Fsp3) is 0.333. The zero-order chi connectivity index (χ0) is 19.9. The van der Waals surface area contributed by atoms with Crippen LogP contribution in [0.3, 0.4) is 0 Å². The molecule has 0 radical (unpaired) electrons. The van der Waals surface area contributed by atoms with Gasteiger partial charge in [-0.15, -0.1) is 0 Å². The fourth-order valence-corrected chi connectivity index (χ4v) is 3.70. The van der Waals surface area contributed by atoms with Crippen molar-refractivity contribution in [3.05, 3.63) is 65.5 Å². The summed E-state index contributed by atoms with van der Waals surface area (Å²) in [4.78, 5) is 28.6. The molecule has 0 aromatic heterocycles. The van der Waals surface area contributed by atoms with E-state index in [2.05, 4.69) is 11.6 Å². The molecule has 1 fully saturated rings. The number of rotatable bonds is 6. The van der Waals surface area contributed by atoms with Gasteiger partial charge in [-0.2, -0.15) is 11.8 Å². The summed E-state index contributed by atoms with van der Waals surface area (Å²) in [5.74, 6) is 0.394. The van der Waals surface area contributed by atoms with Gasteiger partial charge >= 0.3 is 0 Å². The van der Waals surface area contributed by atoms with Gasteiger partial charge in [0.25, 0.3) is 5.91 Å². The third-order valence-electron chi connectivity index (χ3n) is 4.65. The van der Waals surface area contributed by atoms with E-state index in [0.29, 0.717) is 37.4 Å². The lowest BCUT2D eigenvalue weighted by atomic mass is 10.1. The van der Waals surface area contributed by atoms with Gasteiger partial charge in [0.15, 0.2) is 0 Å². The molecule has 2 amide bonds. The van der Waals surface area contributed by atoms with E-state index in [-0.39, 0.29) is 24.2 Å². The van der Waals surface area contributed by atoms with Crippen molar-refractivity contribution in [1.29, 1.82) is 0 Å². The number of hydrogen-bond acceptors (Lipinski definition) is 4. The molecule has 28 heavy (non-hydrogen) atoms. The molecule has 3 rings (SSSR count). The number of hydrogen-bond donors (Lipinski definition) is 1. The molecule has 0 spiro atoms. The summed E-state index contributed by atoms with van der Waals surface area (Å²) in [6, 6.07) is 13.6. The normalized spacial score (nSPS) is 14.7. The molecule has 1 N–H and O–H groups in total. The van der Waals surface area contributed by atoms with E-state index in [0.717, 1.165) is 5.75 Å². The second-order valence-electron chi connectivity index (χ2n) is 6.76. The molecule has 0 atom stereocenters. The molecule has 1 heterocycles. The summed E-state index contributed by atoms with van der Waals surface area (Å²) in [6.07, 6.45) is 2.05. The number of nitrogens with zero attached hydrogens (tertiary/aromatic N) is 2. The Hall–Kier alpha value is -2.38. The Bertz CT molecular complexity index is 821. The summed E-state index contributed by atoms with van der Waals surface area (Å²) >= 11 is 1.75. The molecule has 0 unspecified atom stereocenters. The second-order valence-corrected chi connectivity index (χ2v) is 7.62. The van der Waals surface area contributed by atoms with Crippen LogP contribution in [0, 0.1) is 5.82 Å². The first kappa shape index (κ1) is 20.4. The van der Waals surface area contributed by atoms with Gasteiger partial charge in [-0.05, 0) is 42.2 Å². The predicted molar refractivity (Wildman–Crippen MR) is 111 cm³/mol. The average molecular weight is 402 g/mol. The highest BCUT2D eigenvalue weighted by atomic mass is 32.2. The first-order valence-corrected chi connectivity index (χ1v) is 10.6. The Morgan fingerprint density at radius 3 is 2.43 bits per heavy atom. The highest BCUT2D eigenvalue weighted by Gasteiger charge is 2.23. The molecule has 0 saturated carbocycles. The van der Waals surface area contributed by atoms with E-state index >= 15 is 0 Å². The van der Waals surface area contributed by atoms with Crippen LogP contribution >= 0.6 is 11.8 Å². The van der Waals surface area contributed by atoms with Crippen LogP contribution in [0.2, 0.25) is 0 Å². The molecule has 5 nitrogen and oxygen atoms in total. The smallest absolute Gasteiger partial charge is 0.253 e. The molecule has 0 bridgehead atoms. The minimum atomic E-state index is -0.383. The van der Waals surface area contributed by atoms with Gasteiger partial charge in [0.05, 0.1) is 6.54 Å². The van der Waals surface area contributed by atoms with Crippen molar-refractivity contribution in [2.75, 3.05) is 44.3 Å². The number of carbonyl (C=O) groups excluding carboxylic acids is 2. The quantitative estimate of drug-likeness (QED) is 0.808. The number of amides is 2. The van der Waals surface area contributed by atoms with Crippen LogP contribution in [0.4, 0.5) is 10.1 Å². The topological polar surface area (TPSA) is 52.7 Å². The van der Waals surface area contributed by atoms with E-state index < -0.39 is 0 Å². The van der Waals surface area contributed by atoms with Crippen molar-refractivity contribution in [1.82, 2.24) is 9.80 Å².